The third kappa shape index (κ3) is 2.08. The number of rotatable bonds is 4. The van der Waals surface area contributed by atoms with Gasteiger partial charge in [-0.15, -0.1) is 0 Å². The van der Waals surface area contributed by atoms with Crippen molar-refractivity contribution in [3.05, 3.63) is 23.3 Å². The first kappa shape index (κ1) is 12.9. The van der Waals surface area contributed by atoms with Crippen molar-refractivity contribution in [1.82, 2.24) is 5.32 Å². The minimum Gasteiger partial charge on any atom is -0.493 e. The molecule has 1 N–H and O–H groups in total. The van der Waals surface area contributed by atoms with E-state index in [1.165, 1.54) is 0 Å². The molecule has 0 saturated carbocycles. The number of benzene rings is 1. The van der Waals surface area contributed by atoms with E-state index in [4.69, 9.17) is 9.47 Å². The zero-order valence-corrected chi connectivity index (χ0v) is 11.1. The molecule has 1 aromatic carbocycles. The van der Waals surface area contributed by atoms with Gasteiger partial charge in [0.25, 0.3) is 0 Å². The molecule has 2 rings (SSSR count). The number of aldehydes is 1. The summed E-state index contributed by atoms with van der Waals surface area (Å²) in [6.07, 6.45) is 3.01. The normalized spacial score (nSPS) is 22.8. The number of methoxy groups -OCH3 is 2. The lowest BCUT2D eigenvalue weighted by Crippen LogP contribution is -2.34. The van der Waals surface area contributed by atoms with Gasteiger partial charge in [-0.05, 0) is 44.0 Å². The third-order valence-corrected chi connectivity index (χ3v) is 3.65. The molecule has 1 aliphatic heterocycles. The maximum atomic E-state index is 11.3. The Hall–Kier alpha value is -1.55. The van der Waals surface area contributed by atoms with Crippen LogP contribution in [-0.4, -0.2) is 27.1 Å². The Morgan fingerprint density at radius 3 is 2.44 bits per heavy atom. The van der Waals surface area contributed by atoms with Crippen LogP contribution in [0.25, 0.3) is 0 Å². The Kier molecular flexibility index (Phi) is 3.57. The summed E-state index contributed by atoms with van der Waals surface area (Å²) in [6, 6.07) is 3.65. The number of hydrogen-bond acceptors (Lipinski definition) is 4. The average Bonchev–Trinajstić information content (AvgIpc) is 2.85. The molecule has 0 amide bonds. The minimum absolute atomic E-state index is 0.157. The lowest BCUT2D eigenvalue weighted by Gasteiger charge is -2.27. The van der Waals surface area contributed by atoms with Crippen LogP contribution >= 0.6 is 0 Å². The topological polar surface area (TPSA) is 47.6 Å². The molecule has 0 bridgehead atoms. The molecule has 4 nitrogen and oxygen atoms in total. The molecule has 1 heterocycles. The van der Waals surface area contributed by atoms with Gasteiger partial charge in [-0.1, -0.05) is 0 Å². The van der Waals surface area contributed by atoms with E-state index < -0.39 is 0 Å². The van der Waals surface area contributed by atoms with Gasteiger partial charge in [0, 0.05) is 11.1 Å². The fourth-order valence-corrected chi connectivity index (χ4v) is 2.59. The Morgan fingerprint density at radius 1 is 1.28 bits per heavy atom. The summed E-state index contributed by atoms with van der Waals surface area (Å²) >= 11 is 0. The van der Waals surface area contributed by atoms with Gasteiger partial charge in [-0.3, -0.25) is 4.79 Å². The molecular weight excluding hydrogens is 230 g/mol. The summed E-state index contributed by atoms with van der Waals surface area (Å²) in [4.78, 5) is 11.3. The highest BCUT2D eigenvalue weighted by Gasteiger charge is 2.33. The lowest BCUT2D eigenvalue weighted by atomic mass is 9.87. The SMILES string of the molecule is COc1cc(C=O)c(C2(C)CCCN2)cc1OC. The summed E-state index contributed by atoms with van der Waals surface area (Å²) in [5.74, 6) is 1.25. The number of hydrogen-bond donors (Lipinski definition) is 1. The van der Waals surface area contributed by atoms with Crippen molar-refractivity contribution >= 4 is 6.29 Å². The largest absolute Gasteiger partial charge is 0.493 e. The average molecular weight is 249 g/mol. The van der Waals surface area contributed by atoms with Crippen molar-refractivity contribution in [3.8, 4) is 11.5 Å². The van der Waals surface area contributed by atoms with Crippen molar-refractivity contribution in [3.63, 3.8) is 0 Å². The van der Waals surface area contributed by atoms with Crippen LogP contribution in [0.2, 0.25) is 0 Å². The van der Waals surface area contributed by atoms with Crippen LogP contribution in [0.5, 0.6) is 11.5 Å². The van der Waals surface area contributed by atoms with Gasteiger partial charge in [0.1, 0.15) is 0 Å². The molecule has 1 aliphatic rings. The summed E-state index contributed by atoms with van der Waals surface area (Å²) in [7, 11) is 3.17. The van der Waals surface area contributed by atoms with E-state index in [1.54, 1.807) is 20.3 Å². The Bertz CT molecular complexity index is 451. The predicted molar refractivity (Wildman–Crippen MR) is 69.5 cm³/mol. The standard InChI is InChI=1S/C14H19NO3/c1-14(5-4-6-15-14)11-8-13(18-3)12(17-2)7-10(11)9-16/h7-9,15H,4-6H2,1-3H3. The fourth-order valence-electron chi connectivity index (χ4n) is 2.59. The molecule has 1 aromatic rings. The number of ether oxygens (including phenoxy) is 2. The number of carbonyl (C=O) groups excluding carboxylic acids is 1. The molecule has 0 radical (unpaired) electrons. The highest BCUT2D eigenvalue weighted by atomic mass is 16.5. The monoisotopic (exact) mass is 249 g/mol. The Morgan fingerprint density at radius 2 is 1.94 bits per heavy atom. The molecule has 98 valence electrons. The van der Waals surface area contributed by atoms with E-state index in [9.17, 15) is 4.79 Å². The molecule has 4 heteroatoms. The molecule has 0 aliphatic carbocycles. The van der Waals surface area contributed by atoms with Crippen LogP contribution in [0.4, 0.5) is 0 Å². The Labute approximate surface area is 107 Å². The van der Waals surface area contributed by atoms with Crippen LogP contribution in [0.3, 0.4) is 0 Å². The van der Waals surface area contributed by atoms with Gasteiger partial charge < -0.3 is 14.8 Å². The molecule has 1 fully saturated rings. The molecule has 18 heavy (non-hydrogen) atoms. The van der Waals surface area contributed by atoms with E-state index in [2.05, 4.69) is 12.2 Å². The minimum atomic E-state index is -0.157. The maximum Gasteiger partial charge on any atom is 0.161 e. The molecule has 0 aromatic heterocycles. The third-order valence-electron chi connectivity index (χ3n) is 3.65. The van der Waals surface area contributed by atoms with E-state index in [-0.39, 0.29) is 5.54 Å². The Balaban J connectivity index is 2.54. The first-order chi connectivity index (χ1) is 8.64. The van der Waals surface area contributed by atoms with E-state index in [0.29, 0.717) is 17.1 Å². The first-order valence-corrected chi connectivity index (χ1v) is 6.11. The van der Waals surface area contributed by atoms with Gasteiger partial charge in [0.2, 0.25) is 0 Å². The fraction of sp³-hybridized carbons (Fsp3) is 0.500. The number of carbonyl (C=O) groups is 1. The van der Waals surface area contributed by atoms with Crippen molar-refractivity contribution in [2.75, 3.05) is 20.8 Å². The second kappa shape index (κ2) is 4.98. The van der Waals surface area contributed by atoms with E-state index in [1.807, 2.05) is 6.07 Å². The quantitative estimate of drug-likeness (QED) is 0.830. The second-order valence-corrected chi connectivity index (χ2v) is 4.77. The second-order valence-electron chi connectivity index (χ2n) is 4.77. The highest BCUT2D eigenvalue weighted by Crippen LogP contribution is 2.38. The predicted octanol–water partition coefficient (Wildman–Crippen LogP) is 2.11. The zero-order chi connectivity index (χ0) is 13.2. The van der Waals surface area contributed by atoms with Crippen LogP contribution in [-0.2, 0) is 5.54 Å². The van der Waals surface area contributed by atoms with Crippen LogP contribution in [0, 0.1) is 0 Å². The molecule has 1 atom stereocenters. The first-order valence-electron chi connectivity index (χ1n) is 6.11. The maximum absolute atomic E-state index is 11.3. The zero-order valence-electron chi connectivity index (χ0n) is 11.1. The molecule has 1 unspecified atom stereocenters. The van der Waals surface area contributed by atoms with Crippen LogP contribution < -0.4 is 14.8 Å². The van der Waals surface area contributed by atoms with Crippen molar-refractivity contribution in [1.29, 1.82) is 0 Å². The summed E-state index contributed by atoms with van der Waals surface area (Å²) in [6.45, 7) is 3.09. The summed E-state index contributed by atoms with van der Waals surface area (Å²) in [5.41, 5.74) is 1.48. The van der Waals surface area contributed by atoms with Crippen LogP contribution in [0.1, 0.15) is 35.7 Å². The lowest BCUT2D eigenvalue weighted by molar-refractivity contribution is 0.112. The number of nitrogens with one attached hydrogen (secondary N) is 1. The van der Waals surface area contributed by atoms with Gasteiger partial charge in [-0.2, -0.15) is 0 Å². The smallest absolute Gasteiger partial charge is 0.161 e. The molecular formula is C14H19NO3. The summed E-state index contributed by atoms with van der Waals surface area (Å²) < 4.78 is 10.5. The van der Waals surface area contributed by atoms with Gasteiger partial charge in [0.05, 0.1) is 14.2 Å². The molecule has 0 spiro atoms. The van der Waals surface area contributed by atoms with Gasteiger partial charge in [0.15, 0.2) is 17.8 Å². The highest BCUT2D eigenvalue weighted by molar-refractivity contribution is 5.80. The van der Waals surface area contributed by atoms with E-state index >= 15 is 0 Å². The van der Waals surface area contributed by atoms with Crippen LogP contribution in [0.15, 0.2) is 12.1 Å². The van der Waals surface area contributed by atoms with Crippen molar-refractivity contribution in [2.45, 2.75) is 25.3 Å². The summed E-state index contributed by atoms with van der Waals surface area (Å²) in [5, 5.41) is 3.46. The van der Waals surface area contributed by atoms with Crippen molar-refractivity contribution < 1.29 is 14.3 Å². The van der Waals surface area contributed by atoms with E-state index in [0.717, 1.165) is 31.2 Å². The van der Waals surface area contributed by atoms with Gasteiger partial charge in [-0.25, -0.2) is 0 Å². The van der Waals surface area contributed by atoms with Gasteiger partial charge >= 0.3 is 0 Å². The molecule has 1 saturated heterocycles. The van der Waals surface area contributed by atoms with Crippen molar-refractivity contribution in [2.24, 2.45) is 0 Å².